The van der Waals surface area contributed by atoms with E-state index in [1.165, 1.54) is 0 Å². The maximum absolute atomic E-state index is 12.8. The van der Waals surface area contributed by atoms with E-state index in [1.54, 1.807) is 18.2 Å². The topological polar surface area (TPSA) is 44.8 Å². The van der Waals surface area contributed by atoms with Gasteiger partial charge in [-0.2, -0.15) is 0 Å². The molecule has 0 saturated heterocycles. The van der Waals surface area contributed by atoms with Crippen LogP contribution in [0.15, 0.2) is 42.5 Å². The van der Waals surface area contributed by atoms with E-state index in [9.17, 15) is 4.79 Å². The molecular formula is C29H40O4. The predicted octanol–water partition coefficient (Wildman–Crippen LogP) is 7.68. The Morgan fingerprint density at radius 3 is 1.85 bits per heavy atom. The molecule has 180 valence electrons. The molecule has 0 fully saturated rings. The summed E-state index contributed by atoms with van der Waals surface area (Å²) < 4.78 is 18.2. The molecule has 0 N–H and O–H groups in total. The molecule has 0 amide bonds. The first-order chi connectivity index (χ1) is 15.4. The summed E-state index contributed by atoms with van der Waals surface area (Å²) in [5, 5.41) is 0. The van der Waals surface area contributed by atoms with Crippen molar-refractivity contribution in [3.8, 4) is 17.2 Å². The monoisotopic (exact) mass is 452 g/mol. The number of hydrogen-bond donors (Lipinski definition) is 0. The first-order valence-corrected chi connectivity index (χ1v) is 11.9. The fourth-order valence-corrected chi connectivity index (χ4v) is 3.28. The van der Waals surface area contributed by atoms with E-state index in [0.29, 0.717) is 12.2 Å². The van der Waals surface area contributed by atoms with Gasteiger partial charge in [0.25, 0.3) is 0 Å². The quantitative estimate of drug-likeness (QED) is 0.274. The average molecular weight is 453 g/mol. The number of hydrogen-bond acceptors (Lipinski definition) is 4. The molecule has 33 heavy (non-hydrogen) atoms. The highest BCUT2D eigenvalue weighted by atomic mass is 16.5. The summed E-state index contributed by atoms with van der Waals surface area (Å²) in [7, 11) is 0. The molecule has 0 radical (unpaired) electrons. The van der Waals surface area contributed by atoms with Crippen LogP contribution in [0.25, 0.3) is 6.08 Å². The van der Waals surface area contributed by atoms with Crippen LogP contribution in [0, 0.1) is 0 Å². The molecule has 0 spiro atoms. The van der Waals surface area contributed by atoms with Gasteiger partial charge in [0.15, 0.2) is 5.78 Å². The van der Waals surface area contributed by atoms with E-state index >= 15 is 0 Å². The third kappa shape index (κ3) is 8.95. The molecule has 0 aliphatic heterocycles. The SMILES string of the molecule is CCCOc1ccc(C(=O)/C=C\c2cc(OC(C)(C)C)c(CCC)c(OC(C)(C)C)c2)cc1. The maximum Gasteiger partial charge on any atom is 0.185 e. The number of ketones is 1. The minimum absolute atomic E-state index is 0.0637. The van der Waals surface area contributed by atoms with Crippen LogP contribution in [-0.2, 0) is 6.42 Å². The van der Waals surface area contributed by atoms with E-state index < -0.39 is 0 Å². The van der Waals surface area contributed by atoms with Gasteiger partial charge in [-0.05, 0) is 102 Å². The Morgan fingerprint density at radius 1 is 0.848 bits per heavy atom. The lowest BCUT2D eigenvalue weighted by atomic mass is 10.0. The molecule has 0 unspecified atom stereocenters. The van der Waals surface area contributed by atoms with Crippen molar-refractivity contribution in [2.45, 2.75) is 85.9 Å². The van der Waals surface area contributed by atoms with Crippen molar-refractivity contribution in [3.63, 3.8) is 0 Å². The summed E-state index contributed by atoms with van der Waals surface area (Å²) in [6.07, 6.45) is 6.20. The Kier molecular flexibility index (Phi) is 9.16. The van der Waals surface area contributed by atoms with Crippen LogP contribution in [0.4, 0.5) is 0 Å². The van der Waals surface area contributed by atoms with Crippen LogP contribution in [-0.4, -0.2) is 23.6 Å². The summed E-state index contributed by atoms with van der Waals surface area (Å²) in [5.74, 6) is 2.31. The van der Waals surface area contributed by atoms with Gasteiger partial charge in [0.05, 0.1) is 6.61 Å². The zero-order valence-electron chi connectivity index (χ0n) is 21.6. The Balaban J connectivity index is 2.37. The van der Waals surface area contributed by atoms with Crippen LogP contribution in [0.2, 0.25) is 0 Å². The van der Waals surface area contributed by atoms with Gasteiger partial charge in [-0.1, -0.05) is 26.3 Å². The Bertz CT molecular complexity index is 904. The Morgan fingerprint density at radius 2 is 1.39 bits per heavy atom. The molecule has 0 saturated carbocycles. The maximum atomic E-state index is 12.8. The molecule has 0 atom stereocenters. The van der Waals surface area contributed by atoms with E-state index in [0.717, 1.165) is 47.6 Å². The number of ether oxygens (including phenoxy) is 3. The zero-order valence-corrected chi connectivity index (χ0v) is 21.6. The van der Waals surface area contributed by atoms with Crippen molar-refractivity contribution >= 4 is 11.9 Å². The zero-order chi connectivity index (χ0) is 24.6. The van der Waals surface area contributed by atoms with Crippen LogP contribution in [0.5, 0.6) is 17.2 Å². The second-order valence-corrected chi connectivity index (χ2v) is 10.2. The first-order valence-electron chi connectivity index (χ1n) is 11.9. The van der Waals surface area contributed by atoms with Crippen molar-refractivity contribution in [2.75, 3.05) is 6.61 Å². The number of benzene rings is 2. The Hall–Kier alpha value is -2.75. The van der Waals surface area contributed by atoms with Crippen LogP contribution < -0.4 is 14.2 Å². The van der Waals surface area contributed by atoms with Gasteiger partial charge >= 0.3 is 0 Å². The lowest BCUT2D eigenvalue weighted by Crippen LogP contribution is -2.26. The highest BCUT2D eigenvalue weighted by Crippen LogP contribution is 2.36. The Labute approximate surface area is 200 Å². The molecule has 0 aliphatic carbocycles. The second kappa shape index (κ2) is 11.4. The van der Waals surface area contributed by atoms with Crippen molar-refractivity contribution in [1.29, 1.82) is 0 Å². The minimum Gasteiger partial charge on any atom is -0.494 e. The van der Waals surface area contributed by atoms with Crippen LogP contribution in [0.1, 0.15) is 89.7 Å². The molecule has 2 aromatic rings. The van der Waals surface area contributed by atoms with Crippen molar-refractivity contribution < 1.29 is 19.0 Å². The normalized spacial score (nSPS) is 12.1. The smallest absolute Gasteiger partial charge is 0.185 e. The van der Waals surface area contributed by atoms with Gasteiger partial charge in [-0.25, -0.2) is 0 Å². The molecule has 4 nitrogen and oxygen atoms in total. The van der Waals surface area contributed by atoms with Crippen molar-refractivity contribution in [3.05, 3.63) is 59.2 Å². The molecule has 0 heterocycles. The highest BCUT2D eigenvalue weighted by Gasteiger charge is 2.21. The molecule has 0 aliphatic rings. The third-order valence-electron chi connectivity index (χ3n) is 4.56. The molecule has 4 heteroatoms. The van der Waals surface area contributed by atoms with Gasteiger partial charge in [0, 0.05) is 11.1 Å². The summed E-state index contributed by atoms with van der Waals surface area (Å²) in [5.41, 5.74) is 1.86. The van der Waals surface area contributed by atoms with E-state index in [4.69, 9.17) is 14.2 Å². The molecule has 0 bridgehead atoms. The van der Waals surface area contributed by atoms with Gasteiger partial charge < -0.3 is 14.2 Å². The first kappa shape index (κ1) is 26.5. The van der Waals surface area contributed by atoms with E-state index in [-0.39, 0.29) is 17.0 Å². The summed E-state index contributed by atoms with van der Waals surface area (Å²) in [6.45, 7) is 17.1. The summed E-state index contributed by atoms with van der Waals surface area (Å²) in [6, 6.07) is 11.3. The van der Waals surface area contributed by atoms with E-state index in [1.807, 2.05) is 71.9 Å². The minimum atomic E-state index is -0.346. The van der Waals surface area contributed by atoms with E-state index in [2.05, 4.69) is 13.8 Å². The number of carbonyl (C=O) groups excluding carboxylic acids is 1. The number of allylic oxidation sites excluding steroid dienone is 1. The van der Waals surface area contributed by atoms with Gasteiger partial charge in [0.1, 0.15) is 28.5 Å². The summed E-state index contributed by atoms with van der Waals surface area (Å²) in [4.78, 5) is 12.8. The fourth-order valence-electron chi connectivity index (χ4n) is 3.28. The van der Waals surface area contributed by atoms with Gasteiger partial charge in [-0.3, -0.25) is 4.79 Å². The van der Waals surface area contributed by atoms with Crippen molar-refractivity contribution in [1.82, 2.24) is 0 Å². The third-order valence-corrected chi connectivity index (χ3v) is 4.56. The lowest BCUT2D eigenvalue weighted by molar-refractivity contribution is 0.104. The predicted molar refractivity (Wildman–Crippen MR) is 137 cm³/mol. The van der Waals surface area contributed by atoms with Gasteiger partial charge in [0.2, 0.25) is 0 Å². The highest BCUT2D eigenvalue weighted by molar-refractivity contribution is 6.06. The molecular weight excluding hydrogens is 412 g/mol. The molecule has 2 aromatic carbocycles. The number of rotatable bonds is 10. The fraction of sp³-hybridized carbons (Fsp3) is 0.483. The number of carbonyl (C=O) groups is 1. The van der Waals surface area contributed by atoms with Gasteiger partial charge in [-0.15, -0.1) is 0 Å². The lowest BCUT2D eigenvalue weighted by Gasteiger charge is -2.28. The average Bonchev–Trinajstić information content (AvgIpc) is 2.71. The van der Waals surface area contributed by atoms with Crippen LogP contribution >= 0.6 is 0 Å². The van der Waals surface area contributed by atoms with Crippen molar-refractivity contribution in [2.24, 2.45) is 0 Å². The van der Waals surface area contributed by atoms with Crippen LogP contribution in [0.3, 0.4) is 0 Å². The second-order valence-electron chi connectivity index (χ2n) is 10.2. The standard InChI is InChI=1S/C29H40O4/c1-9-11-24-26(32-28(3,4)5)19-21(20-27(24)33-29(6,7)8)12-17-25(30)22-13-15-23(16-14-22)31-18-10-2/h12-17,19-20H,9-11,18H2,1-8H3/b17-12-. The molecule has 2 rings (SSSR count). The largest absolute Gasteiger partial charge is 0.494 e. The summed E-state index contributed by atoms with van der Waals surface area (Å²) >= 11 is 0. The molecule has 0 aromatic heterocycles.